The van der Waals surface area contributed by atoms with Crippen molar-refractivity contribution in [2.75, 3.05) is 19.4 Å². The van der Waals surface area contributed by atoms with Crippen LogP contribution in [0.2, 0.25) is 0 Å². The SMILES string of the molecule is C[C@H](N)C(=O)OC[C@H](CN(C(C)(C)C)S(C)(=O)=O)O[C@@H](C)C(C)(C)C. The molecule has 0 saturated heterocycles. The topological polar surface area (TPSA) is 98.9 Å². The summed E-state index contributed by atoms with van der Waals surface area (Å²) in [5, 5.41) is 0. The first-order valence-electron chi connectivity index (χ1n) is 8.51. The van der Waals surface area contributed by atoms with Crippen molar-refractivity contribution in [1.82, 2.24) is 4.31 Å². The molecule has 2 N–H and O–H groups in total. The molecule has 8 heteroatoms. The van der Waals surface area contributed by atoms with Crippen LogP contribution in [0.3, 0.4) is 0 Å². The van der Waals surface area contributed by atoms with Gasteiger partial charge < -0.3 is 15.2 Å². The van der Waals surface area contributed by atoms with Crippen LogP contribution in [0, 0.1) is 5.41 Å². The van der Waals surface area contributed by atoms with Crippen LogP contribution in [0.5, 0.6) is 0 Å². The second kappa shape index (κ2) is 8.79. The van der Waals surface area contributed by atoms with Gasteiger partial charge in [-0.1, -0.05) is 20.8 Å². The molecule has 7 nitrogen and oxygen atoms in total. The van der Waals surface area contributed by atoms with Crippen molar-refractivity contribution in [3.8, 4) is 0 Å². The summed E-state index contributed by atoms with van der Waals surface area (Å²) < 4.78 is 37.0. The fraction of sp³-hybridized carbons (Fsp3) is 0.941. The first kappa shape index (κ1) is 24.3. The summed E-state index contributed by atoms with van der Waals surface area (Å²) in [7, 11) is -3.46. The van der Waals surface area contributed by atoms with Crippen LogP contribution in [-0.2, 0) is 24.3 Å². The molecule has 150 valence electrons. The smallest absolute Gasteiger partial charge is 0.322 e. The molecular formula is C17H36N2O5S. The van der Waals surface area contributed by atoms with Gasteiger partial charge in [-0.25, -0.2) is 8.42 Å². The molecule has 0 spiro atoms. The molecule has 0 radical (unpaired) electrons. The number of carbonyl (C=O) groups excluding carboxylic acids is 1. The first-order valence-corrected chi connectivity index (χ1v) is 10.4. The summed E-state index contributed by atoms with van der Waals surface area (Å²) in [6.07, 6.45) is 0.412. The molecule has 0 aliphatic carbocycles. The predicted molar refractivity (Wildman–Crippen MR) is 99.7 cm³/mol. The number of sulfonamides is 1. The maximum Gasteiger partial charge on any atom is 0.322 e. The lowest BCUT2D eigenvalue weighted by Gasteiger charge is -2.38. The number of carbonyl (C=O) groups is 1. The second-order valence-electron chi connectivity index (χ2n) is 8.65. The lowest BCUT2D eigenvalue weighted by Crippen LogP contribution is -2.51. The van der Waals surface area contributed by atoms with E-state index in [1.54, 1.807) is 0 Å². The Balaban J connectivity index is 5.38. The zero-order valence-electron chi connectivity index (χ0n) is 17.1. The van der Waals surface area contributed by atoms with E-state index in [2.05, 4.69) is 0 Å². The van der Waals surface area contributed by atoms with Crippen molar-refractivity contribution >= 4 is 16.0 Å². The van der Waals surface area contributed by atoms with E-state index >= 15 is 0 Å². The molecular weight excluding hydrogens is 344 g/mol. The first-order chi connectivity index (χ1) is 11.0. The maximum atomic E-state index is 12.2. The minimum Gasteiger partial charge on any atom is -0.462 e. The van der Waals surface area contributed by atoms with Gasteiger partial charge in [0.05, 0.1) is 12.4 Å². The van der Waals surface area contributed by atoms with Gasteiger partial charge in [0.1, 0.15) is 18.8 Å². The predicted octanol–water partition coefficient (Wildman–Crippen LogP) is 1.76. The lowest BCUT2D eigenvalue weighted by molar-refractivity contribution is -0.153. The van der Waals surface area contributed by atoms with Crippen molar-refractivity contribution in [3.63, 3.8) is 0 Å². The lowest BCUT2D eigenvalue weighted by atomic mass is 9.90. The highest BCUT2D eigenvalue weighted by Gasteiger charge is 2.34. The van der Waals surface area contributed by atoms with E-state index in [0.717, 1.165) is 6.26 Å². The average molecular weight is 381 g/mol. The zero-order chi connectivity index (χ0) is 20.2. The molecule has 0 unspecified atom stereocenters. The second-order valence-corrected chi connectivity index (χ2v) is 10.6. The van der Waals surface area contributed by atoms with Gasteiger partial charge in [0, 0.05) is 12.1 Å². The Bertz CT molecular complexity index is 532. The molecule has 0 aliphatic rings. The van der Waals surface area contributed by atoms with Crippen molar-refractivity contribution in [2.24, 2.45) is 11.1 Å². The molecule has 0 rings (SSSR count). The van der Waals surface area contributed by atoms with Gasteiger partial charge in [0.25, 0.3) is 0 Å². The number of nitrogens with zero attached hydrogens (tertiary/aromatic N) is 1. The van der Waals surface area contributed by atoms with Gasteiger partial charge in [-0.05, 0) is 40.0 Å². The van der Waals surface area contributed by atoms with Gasteiger partial charge in [-0.2, -0.15) is 4.31 Å². The van der Waals surface area contributed by atoms with Gasteiger partial charge in [-0.15, -0.1) is 0 Å². The molecule has 0 aromatic rings. The van der Waals surface area contributed by atoms with Crippen molar-refractivity contribution < 1.29 is 22.7 Å². The molecule has 0 saturated carbocycles. The van der Waals surface area contributed by atoms with E-state index < -0.39 is 33.7 Å². The summed E-state index contributed by atoms with van der Waals surface area (Å²) in [6.45, 7) is 15.0. The Kier molecular flexibility index (Phi) is 8.55. The number of rotatable bonds is 8. The molecule has 0 fully saturated rings. The molecule has 0 aromatic heterocycles. The van der Waals surface area contributed by atoms with Gasteiger partial charge in [0.15, 0.2) is 0 Å². The van der Waals surface area contributed by atoms with Crippen LogP contribution in [0.15, 0.2) is 0 Å². The van der Waals surface area contributed by atoms with E-state index in [1.807, 2.05) is 48.5 Å². The van der Waals surface area contributed by atoms with Crippen LogP contribution in [0.1, 0.15) is 55.4 Å². The number of ether oxygens (including phenoxy) is 2. The zero-order valence-corrected chi connectivity index (χ0v) is 17.9. The van der Waals surface area contributed by atoms with Gasteiger partial charge in [-0.3, -0.25) is 4.79 Å². The van der Waals surface area contributed by atoms with Crippen LogP contribution in [0.4, 0.5) is 0 Å². The Morgan fingerprint density at radius 3 is 1.92 bits per heavy atom. The van der Waals surface area contributed by atoms with Crippen LogP contribution < -0.4 is 5.73 Å². The van der Waals surface area contributed by atoms with Crippen molar-refractivity contribution in [1.29, 1.82) is 0 Å². The van der Waals surface area contributed by atoms with E-state index in [4.69, 9.17) is 15.2 Å². The Morgan fingerprint density at radius 2 is 1.60 bits per heavy atom. The van der Waals surface area contributed by atoms with E-state index in [-0.39, 0.29) is 24.7 Å². The molecule has 0 bridgehead atoms. The molecule has 0 heterocycles. The quantitative estimate of drug-likeness (QED) is 0.644. The van der Waals surface area contributed by atoms with Crippen molar-refractivity contribution in [3.05, 3.63) is 0 Å². The highest BCUT2D eigenvalue weighted by atomic mass is 32.2. The molecule has 0 aliphatic heterocycles. The summed E-state index contributed by atoms with van der Waals surface area (Å²) in [6, 6.07) is -0.741. The number of nitrogens with two attached hydrogens (primary N) is 1. The maximum absolute atomic E-state index is 12.2. The molecule has 0 amide bonds. The summed E-state index contributed by atoms with van der Waals surface area (Å²) >= 11 is 0. The minimum atomic E-state index is -3.46. The molecule has 25 heavy (non-hydrogen) atoms. The minimum absolute atomic E-state index is 0.0527. The monoisotopic (exact) mass is 380 g/mol. The Morgan fingerprint density at radius 1 is 1.12 bits per heavy atom. The van der Waals surface area contributed by atoms with Crippen LogP contribution in [0.25, 0.3) is 0 Å². The Labute approximate surface area is 153 Å². The fourth-order valence-electron chi connectivity index (χ4n) is 2.03. The number of hydrogen-bond donors (Lipinski definition) is 1. The van der Waals surface area contributed by atoms with Gasteiger partial charge >= 0.3 is 5.97 Å². The van der Waals surface area contributed by atoms with E-state index in [1.165, 1.54) is 11.2 Å². The standard InChI is InChI=1S/C17H36N2O5S/c1-12(18)15(20)23-11-14(24-13(2)16(3,4)5)10-19(17(6,7)8)25(9,21)22/h12-14H,10-11,18H2,1-9H3/t12-,13-,14-/m0/s1. The molecule has 0 aromatic carbocycles. The third-order valence-corrected chi connectivity index (χ3v) is 5.41. The number of esters is 1. The largest absolute Gasteiger partial charge is 0.462 e. The third kappa shape index (κ3) is 8.99. The Hall–Kier alpha value is -0.700. The highest BCUT2D eigenvalue weighted by molar-refractivity contribution is 7.88. The van der Waals surface area contributed by atoms with Crippen LogP contribution >= 0.6 is 0 Å². The summed E-state index contributed by atoms with van der Waals surface area (Å²) in [4.78, 5) is 11.7. The van der Waals surface area contributed by atoms with Gasteiger partial charge in [0.2, 0.25) is 10.0 Å². The summed E-state index contributed by atoms with van der Waals surface area (Å²) in [5.74, 6) is -0.543. The number of hydrogen-bond acceptors (Lipinski definition) is 6. The van der Waals surface area contributed by atoms with Crippen LogP contribution in [-0.4, -0.2) is 61.9 Å². The molecule has 3 atom stereocenters. The fourth-order valence-corrected chi connectivity index (χ4v) is 3.46. The van der Waals surface area contributed by atoms with Crippen molar-refractivity contribution in [2.45, 2.75) is 79.2 Å². The normalized spacial score (nSPS) is 17.2. The van der Waals surface area contributed by atoms with E-state index in [9.17, 15) is 13.2 Å². The van der Waals surface area contributed by atoms with E-state index in [0.29, 0.717) is 0 Å². The summed E-state index contributed by atoms with van der Waals surface area (Å²) in [5.41, 5.74) is 4.75. The highest BCUT2D eigenvalue weighted by Crippen LogP contribution is 2.25. The third-order valence-electron chi connectivity index (χ3n) is 3.92. The average Bonchev–Trinajstić information content (AvgIpc) is 2.36.